The van der Waals surface area contributed by atoms with Crippen LogP contribution in [0.15, 0.2) is 24.3 Å². The quantitative estimate of drug-likeness (QED) is 0.735. The Morgan fingerprint density at radius 1 is 1.52 bits per heavy atom. The molecule has 5 nitrogen and oxygen atoms in total. The minimum atomic E-state index is -0.718. The van der Waals surface area contributed by atoms with Crippen molar-refractivity contribution in [2.45, 2.75) is 32.8 Å². The number of rotatable bonds is 6. The number of carbonyl (C=O) groups excluding carboxylic acids is 1. The molecule has 1 aliphatic heterocycles. The summed E-state index contributed by atoms with van der Waals surface area (Å²) in [6, 6.07) is 7.67. The summed E-state index contributed by atoms with van der Waals surface area (Å²) in [6.07, 6.45) is 1.16. The fourth-order valence-corrected chi connectivity index (χ4v) is 2.63. The molecule has 1 amide bonds. The van der Waals surface area contributed by atoms with Crippen LogP contribution >= 0.6 is 12.4 Å². The molecule has 0 aromatic heterocycles. The standard InChI is InChI=1S/C17H26N2O3.ClH/c1-13-5-3-6-15(9-13)22-11-14(20)10-19-16(21)17(2)7-4-8-18-12-17;/h3,5-6,9,14,18,20H,4,7-8,10-12H2,1-2H3,(H,19,21);1H. The lowest BCUT2D eigenvalue weighted by atomic mass is 9.82. The van der Waals surface area contributed by atoms with E-state index in [1.807, 2.05) is 38.1 Å². The maximum absolute atomic E-state index is 12.2. The van der Waals surface area contributed by atoms with Crippen LogP contribution in [0, 0.1) is 12.3 Å². The van der Waals surface area contributed by atoms with E-state index >= 15 is 0 Å². The van der Waals surface area contributed by atoms with E-state index < -0.39 is 6.10 Å². The largest absolute Gasteiger partial charge is 0.491 e. The number of aliphatic hydroxyl groups is 1. The smallest absolute Gasteiger partial charge is 0.227 e. The number of hydrogen-bond acceptors (Lipinski definition) is 4. The van der Waals surface area contributed by atoms with Gasteiger partial charge in [-0.1, -0.05) is 12.1 Å². The summed E-state index contributed by atoms with van der Waals surface area (Å²) in [7, 11) is 0. The third-order valence-corrected chi connectivity index (χ3v) is 4.08. The van der Waals surface area contributed by atoms with Gasteiger partial charge in [0.1, 0.15) is 18.5 Å². The number of halogens is 1. The Bertz CT molecular complexity index is 504. The van der Waals surface area contributed by atoms with Crippen molar-refractivity contribution in [1.29, 1.82) is 0 Å². The summed E-state index contributed by atoms with van der Waals surface area (Å²) in [5.74, 6) is 0.725. The molecule has 0 spiro atoms. The third-order valence-electron chi connectivity index (χ3n) is 4.08. The van der Waals surface area contributed by atoms with Gasteiger partial charge in [-0.15, -0.1) is 12.4 Å². The molecule has 0 bridgehead atoms. The van der Waals surface area contributed by atoms with E-state index in [1.54, 1.807) is 0 Å². The Kier molecular flexibility index (Phi) is 7.82. The van der Waals surface area contributed by atoms with Gasteiger partial charge >= 0.3 is 0 Å². The minimum Gasteiger partial charge on any atom is -0.491 e. The fraction of sp³-hybridized carbons (Fsp3) is 0.588. The molecule has 1 aliphatic rings. The molecule has 1 heterocycles. The van der Waals surface area contributed by atoms with Crippen LogP contribution in [0.1, 0.15) is 25.3 Å². The first-order valence-corrected chi connectivity index (χ1v) is 7.86. The number of ether oxygens (including phenoxy) is 1. The molecule has 1 aromatic rings. The van der Waals surface area contributed by atoms with Crippen molar-refractivity contribution in [3.05, 3.63) is 29.8 Å². The number of aliphatic hydroxyl groups excluding tert-OH is 1. The Balaban J connectivity index is 0.00000264. The lowest BCUT2D eigenvalue weighted by molar-refractivity contribution is -0.131. The van der Waals surface area contributed by atoms with Gasteiger partial charge < -0.3 is 20.5 Å². The third kappa shape index (κ3) is 6.01. The molecule has 1 fully saturated rings. The molecule has 1 saturated heterocycles. The SMILES string of the molecule is Cc1cccc(OCC(O)CNC(=O)C2(C)CCCNC2)c1.Cl. The van der Waals surface area contributed by atoms with E-state index in [1.165, 1.54) is 0 Å². The second kappa shape index (κ2) is 9.11. The number of amides is 1. The van der Waals surface area contributed by atoms with Crippen LogP contribution in [0.5, 0.6) is 5.75 Å². The normalized spacial score (nSPS) is 21.9. The van der Waals surface area contributed by atoms with Crippen molar-refractivity contribution in [2.75, 3.05) is 26.2 Å². The zero-order valence-corrected chi connectivity index (χ0v) is 14.6. The fourth-order valence-electron chi connectivity index (χ4n) is 2.63. The Morgan fingerprint density at radius 3 is 2.96 bits per heavy atom. The van der Waals surface area contributed by atoms with Crippen molar-refractivity contribution in [1.82, 2.24) is 10.6 Å². The van der Waals surface area contributed by atoms with Gasteiger partial charge in [-0.2, -0.15) is 0 Å². The molecule has 2 atom stereocenters. The van der Waals surface area contributed by atoms with Crippen LogP contribution in [0.25, 0.3) is 0 Å². The predicted octanol–water partition coefficient (Wildman–Crippen LogP) is 1.66. The topological polar surface area (TPSA) is 70.6 Å². The monoisotopic (exact) mass is 342 g/mol. The van der Waals surface area contributed by atoms with Gasteiger partial charge in [0.2, 0.25) is 5.91 Å². The lowest BCUT2D eigenvalue weighted by Gasteiger charge is -2.32. The van der Waals surface area contributed by atoms with Crippen LogP contribution < -0.4 is 15.4 Å². The number of aryl methyl sites for hydroxylation is 1. The Hall–Kier alpha value is -1.30. The van der Waals surface area contributed by atoms with E-state index in [2.05, 4.69) is 10.6 Å². The highest BCUT2D eigenvalue weighted by molar-refractivity contribution is 5.85. The average Bonchev–Trinajstić information content (AvgIpc) is 2.51. The van der Waals surface area contributed by atoms with E-state index in [9.17, 15) is 9.90 Å². The molecule has 6 heteroatoms. The molecule has 2 unspecified atom stereocenters. The van der Waals surface area contributed by atoms with Crippen LogP contribution in [0.2, 0.25) is 0 Å². The molecule has 130 valence electrons. The van der Waals surface area contributed by atoms with Crippen LogP contribution in [0.4, 0.5) is 0 Å². The first kappa shape index (κ1) is 19.7. The Labute approximate surface area is 144 Å². The maximum Gasteiger partial charge on any atom is 0.227 e. The van der Waals surface area contributed by atoms with Crippen LogP contribution in [-0.4, -0.2) is 43.4 Å². The molecule has 0 aliphatic carbocycles. The molecule has 2 rings (SSSR count). The Morgan fingerprint density at radius 2 is 2.30 bits per heavy atom. The lowest BCUT2D eigenvalue weighted by Crippen LogP contribution is -2.50. The van der Waals surface area contributed by atoms with Crippen molar-refractivity contribution in [3.63, 3.8) is 0 Å². The van der Waals surface area contributed by atoms with Crippen LogP contribution in [-0.2, 0) is 4.79 Å². The highest BCUT2D eigenvalue weighted by atomic mass is 35.5. The number of hydrogen-bond donors (Lipinski definition) is 3. The molecule has 0 radical (unpaired) electrons. The molecule has 3 N–H and O–H groups in total. The maximum atomic E-state index is 12.2. The minimum absolute atomic E-state index is 0. The summed E-state index contributed by atoms with van der Waals surface area (Å²) < 4.78 is 5.54. The van der Waals surface area contributed by atoms with E-state index in [0.717, 1.165) is 30.7 Å². The summed E-state index contributed by atoms with van der Waals surface area (Å²) in [6.45, 7) is 5.98. The molecule has 0 saturated carbocycles. The summed E-state index contributed by atoms with van der Waals surface area (Å²) in [5, 5.41) is 16.0. The van der Waals surface area contributed by atoms with E-state index in [4.69, 9.17) is 4.74 Å². The number of piperidine rings is 1. The van der Waals surface area contributed by atoms with Gasteiger partial charge in [0.25, 0.3) is 0 Å². The predicted molar refractivity (Wildman–Crippen MR) is 93.1 cm³/mol. The van der Waals surface area contributed by atoms with Gasteiger partial charge in [0.05, 0.1) is 5.41 Å². The molecule has 23 heavy (non-hydrogen) atoms. The zero-order valence-electron chi connectivity index (χ0n) is 13.8. The van der Waals surface area contributed by atoms with E-state index in [0.29, 0.717) is 6.54 Å². The van der Waals surface area contributed by atoms with Gasteiger partial charge in [-0.3, -0.25) is 4.79 Å². The van der Waals surface area contributed by atoms with Crippen molar-refractivity contribution < 1.29 is 14.6 Å². The number of carbonyl (C=O) groups is 1. The number of benzene rings is 1. The number of nitrogens with one attached hydrogen (secondary N) is 2. The van der Waals surface area contributed by atoms with Crippen molar-refractivity contribution >= 4 is 18.3 Å². The summed E-state index contributed by atoms with van der Waals surface area (Å²) in [4.78, 5) is 12.2. The molecule has 1 aromatic carbocycles. The summed E-state index contributed by atoms with van der Waals surface area (Å²) >= 11 is 0. The van der Waals surface area contributed by atoms with Crippen LogP contribution in [0.3, 0.4) is 0 Å². The highest BCUT2D eigenvalue weighted by Crippen LogP contribution is 2.25. The second-order valence-electron chi connectivity index (χ2n) is 6.33. The average molecular weight is 343 g/mol. The van der Waals surface area contributed by atoms with E-state index in [-0.39, 0.29) is 36.9 Å². The van der Waals surface area contributed by atoms with Crippen molar-refractivity contribution in [2.24, 2.45) is 5.41 Å². The highest BCUT2D eigenvalue weighted by Gasteiger charge is 2.34. The van der Waals surface area contributed by atoms with Gasteiger partial charge in [0.15, 0.2) is 0 Å². The first-order valence-electron chi connectivity index (χ1n) is 7.86. The van der Waals surface area contributed by atoms with Gasteiger partial charge in [-0.25, -0.2) is 0 Å². The first-order chi connectivity index (χ1) is 10.5. The second-order valence-corrected chi connectivity index (χ2v) is 6.33. The molecular weight excluding hydrogens is 316 g/mol. The summed E-state index contributed by atoms with van der Waals surface area (Å²) in [5.41, 5.74) is 0.730. The molecular formula is C17H27ClN2O3. The van der Waals surface area contributed by atoms with Crippen molar-refractivity contribution in [3.8, 4) is 5.75 Å². The zero-order chi connectivity index (χ0) is 16.0. The van der Waals surface area contributed by atoms with Gasteiger partial charge in [0, 0.05) is 13.1 Å². The van der Waals surface area contributed by atoms with Gasteiger partial charge in [-0.05, 0) is 50.9 Å².